The maximum atomic E-state index is 6.37. The Morgan fingerprint density at radius 1 is 0.171 bits per heavy atom. The van der Waals surface area contributed by atoms with Crippen molar-refractivity contribution in [2.75, 3.05) is 0 Å². The molecule has 0 amide bonds. The Morgan fingerprint density at radius 3 is 0.658 bits per heavy atom. The molecular formula is C127H100I9O5S5+5. The van der Waals surface area contributed by atoms with Gasteiger partial charge in [-0.05, 0) is 554 Å². The Labute approximate surface area is 996 Å². The van der Waals surface area contributed by atoms with Crippen molar-refractivity contribution < 1.29 is 23.7 Å². The van der Waals surface area contributed by atoms with Crippen molar-refractivity contribution in [1.82, 2.24) is 0 Å². The van der Waals surface area contributed by atoms with E-state index in [1.165, 1.54) is 133 Å². The zero-order valence-electron chi connectivity index (χ0n) is 79.5. The van der Waals surface area contributed by atoms with Crippen LogP contribution in [0.1, 0.15) is 41.7 Å². The fraction of sp³-hybridized carbons (Fsp3) is 0.0551. The maximum absolute atomic E-state index is 6.37. The van der Waals surface area contributed by atoms with E-state index >= 15 is 0 Å². The van der Waals surface area contributed by atoms with Gasteiger partial charge in [0.2, 0.25) is 0 Å². The van der Waals surface area contributed by atoms with Gasteiger partial charge in [0.1, 0.15) is 60.8 Å². The van der Waals surface area contributed by atoms with E-state index < -0.39 is 5.60 Å². The molecule has 0 saturated heterocycles. The van der Waals surface area contributed by atoms with Gasteiger partial charge < -0.3 is 23.7 Å². The first-order valence-electron chi connectivity index (χ1n) is 46.8. The fourth-order valence-corrected chi connectivity index (χ4v) is 32.0. The summed E-state index contributed by atoms with van der Waals surface area (Å²) in [5.41, 5.74) is 5.53. The van der Waals surface area contributed by atoms with Gasteiger partial charge in [-0.15, -0.1) is 0 Å². The lowest BCUT2D eigenvalue weighted by atomic mass is 9.98. The van der Waals surface area contributed by atoms with Crippen molar-refractivity contribution in [2.45, 2.75) is 119 Å². The Morgan fingerprint density at radius 2 is 0.397 bits per heavy atom. The molecule has 0 spiro atoms. The highest BCUT2D eigenvalue weighted by Crippen LogP contribution is 2.41. The molecule has 0 aliphatic heterocycles. The molecule has 0 saturated carbocycles. The third-order valence-electron chi connectivity index (χ3n) is 22.5. The first kappa shape index (κ1) is 110. The number of hydrogen-bond donors (Lipinski definition) is 0. The minimum atomic E-state index is -0.396. The average molecular weight is 3010 g/mol. The van der Waals surface area contributed by atoms with Gasteiger partial charge >= 0.3 is 0 Å². The molecular weight excluding hydrogens is 2910 g/mol. The summed E-state index contributed by atoms with van der Waals surface area (Å²) in [7, 11) is -0.646. The molecule has 0 heterocycles. The zero-order chi connectivity index (χ0) is 101. The highest BCUT2D eigenvalue weighted by atomic mass is 127. The summed E-state index contributed by atoms with van der Waals surface area (Å²) in [6.07, 6.45) is 0. The summed E-state index contributed by atoms with van der Waals surface area (Å²) in [5, 5.41) is 0. The summed E-state index contributed by atoms with van der Waals surface area (Å²) in [6.45, 7) is 6.54. The van der Waals surface area contributed by atoms with Crippen LogP contribution in [0.3, 0.4) is 0 Å². The number of halogens is 9. The standard InChI is InChI=1S/C27H24IOS.C25H18I3OS.2C25H19I2OS.C25H20IOS/c1-27(2,21-13-15-22(28)16-14-21)29-23-17-19-26(20-18-23)30(24-9-5-3-6-10-24)25-11-7-4-8-12-25;26-23-15-18(16-24(27)25(23)28)17-29-19-11-13-22(14-12-19)30(20-7-3-1-4-8-20)21-9-5-2-6-10-21;26-24-16-11-19(17-25(24)27)18-28-20-12-14-23(15-13-20)29(21-7-3-1-4-8-21)22-9-5-2-6-10-22;26-20-15-19(16-21(27)17-20)18-28-22-11-13-25(14-12-22)29(23-7-3-1-4-8-23)24-9-5-2-6-10-24;26-21-9-7-8-20(18-21)19-27-22-14-16-25(17-15-22)28(23-10-3-1-4-11-23)24-12-5-2-6-13-24/h3-20H,1-2H3;1-16H,17H2;2*1-17H,18H2;1-18H,19H2/q5*+1. The van der Waals surface area contributed by atoms with Crippen LogP contribution in [0.2, 0.25) is 0 Å². The van der Waals surface area contributed by atoms with Gasteiger partial charge in [-0.25, -0.2) is 0 Å². The van der Waals surface area contributed by atoms with Gasteiger partial charge in [0.25, 0.3) is 0 Å². The molecule has 0 N–H and O–H groups in total. The minimum absolute atomic E-state index is 0.122. The Balaban J connectivity index is 0.000000131. The normalized spacial score (nSPS) is 11.0. The topological polar surface area (TPSA) is 46.2 Å². The van der Waals surface area contributed by atoms with E-state index in [4.69, 9.17) is 23.7 Å². The summed E-state index contributed by atoms with van der Waals surface area (Å²) in [6, 6.07) is 184. The second kappa shape index (κ2) is 57.3. The van der Waals surface area contributed by atoms with E-state index in [0.29, 0.717) is 26.4 Å². The van der Waals surface area contributed by atoms with Crippen LogP contribution in [0.15, 0.2) is 595 Å². The molecule has 20 aromatic carbocycles. The van der Waals surface area contributed by atoms with Crippen molar-refractivity contribution in [2.24, 2.45) is 0 Å². The quantitative estimate of drug-likeness (QED) is 0.0255. The molecule has 0 aromatic heterocycles. The van der Waals surface area contributed by atoms with Crippen LogP contribution >= 0.6 is 203 Å². The maximum Gasteiger partial charge on any atom is 0.166 e. The molecule has 0 unspecified atom stereocenters. The van der Waals surface area contributed by atoms with Gasteiger partial charge in [-0.1, -0.05) is 212 Å². The predicted octanol–water partition coefficient (Wildman–Crippen LogP) is 38.0. The monoisotopic (exact) mass is 3010 g/mol. The summed E-state index contributed by atoms with van der Waals surface area (Å²) >= 11 is 21.2. The van der Waals surface area contributed by atoms with Gasteiger partial charge in [-0.2, -0.15) is 0 Å². The Kier molecular flexibility index (Phi) is 43.3. The van der Waals surface area contributed by atoms with E-state index in [1.807, 2.05) is 0 Å². The summed E-state index contributed by atoms with van der Waals surface area (Å²) in [5.74, 6) is 4.46. The second-order valence-corrected chi connectivity index (χ2v) is 54.2. The van der Waals surface area contributed by atoms with Crippen LogP contribution in [0.25, 0.3) is 0 Å². The molecule has 19 heteroatoms. The van der Waals surface area contributed by atoms with Crippen molar-refractivity contribution in [3.8, 4) is 28.7 Å². The van der Waals surface area contributed by atoms with Gasteiger partial charge in [0, 0.05) is 32.1 Å². The third-order valence-corrected chi connectivity index (χ3v) is 44.0. The minimum Gasteiger partial charge on any atom is -0.489 e. The molecule has 0 fully saturated rings. The van der Waals surface area contributed by atoms with E-state index in [1.54, 1.807) is 0 Å². The molecule has 20 rings (SSSR count). The largest absolute Gasteiger partial charge is 0.489 e. The molecule has 0 atom stereocenters. The molecule has 0 radical (unpaired) electrons. The van der Waals surface area contributed by atoms with Crippen LogP contribution in [0.5, 0.6) is 28.7 Å². The van der Waals surface area contributed by atoms with E-state index in [-0.39, 0.29) is 54.5 Å². The second-order valence-electron chi connectivity index (χ2n) is 33.3. The van der Waals surface area contributed by atoms with E-state index in [9.17, 15) is 0 Å². The lowest BCUT2D eigenvalue weighted by molar-refractivity contribution is 0.109. The fourth-order valence-electron chi connectivity index (χ4n) is 15.5. The third kappa shape index (κ3) is 32.9. The van der Waals surface area contributed by atoms with Crippen molar-refractivity contribution in [3.05, 3.63) is 582 Å². The van der Waals surface area contributed by atoms with Gasteiger partial charge in [0.05, 0.1) is 54.5 Å². The number of rotatable bonds is 30. The lowest BCUT2D eigenvalue weighted by Gasteiger charge is -2.27. The molecule has 20 aromatic rings. The predicted molar refractivity (Wildman–Crippen MR) is 685 cm³/mol. The average Bonchev–Trinajstić information content (AvgIpc) is 0.809. The summed E-state index contributed by atoms with van der Waals surface area (Å²) < 4.78 is 41.8. The molecule has 146 heavy (non-hydrogen) atoms. The molecule has 0 aliphatic rings. The SMILES string of the molecule is CC(C)(Oc1ccc([S+](c2ccccc2)c2ccccc2)cc1)c1ccc(I)cc1.Ic1cc(COc2ccc([S+](c3ccccc3)c3ccccc3)cc2)cc(I)c1I.Ic1cc(I)cc(COc2ccc([S+](c3ccccc3)c3ccccc3)cc2)c1.Ic1ccc(COc2ccc([S+](c3ccccc3)c3ccccc3)cc2)cc1I.Ic1cccc(COc2ccc([S+](c3ccccc3)c3ccccc3)cc2)c1. The molecule has 726 valence electrons. The molecule has 0 bridgehead atoms. The first-order valence-corrected chi connectivity index (χ1v) is 62.6. The highest BCUT2D eigenvalue weighted by molar-refractivity contribution is 14.1. The Bertz CT molecular complexity index is 7180. The smallest absolute Gasteiger partial charge is 0.166 e. The van der Waals surface area contributed by atoms with Crippen LogP contribution in [0, 0.1) is 32.1 Å². The zero-order valence-corrected chi connectivity index (χ0v) is 103. The van der Waals surface area contributed by atoms with E-state index in [0.717, 1.165) is 28.7 Å². The summed E-state index contributed by atoms with van der Waals surface area (Å²) in [4.78, 5) is 19.6. The molecule has 5 nitrogen and oxygen atoms in total. The van der Waals surface area contributed by atoms with Crippen molar-refractivity contribution in [1.29, 1.82) is 0 Å². The van der Waals surface area contributed by atoms with Gasteiger partial charge in [-0.3, -0.25) is 0 Å². The lowest BCUT2D eigenvalue weighted by Crippen LogP contribution is -2.25. The Hall–Kier alpha value is -8.28. The molecule has 0 aliphatic carbocycles. The van der Waals surface area contributed by atoms with Crippen molar-refractivity contribution in [3.63, 3.8) is 0 Å². The van der Waals surface area contributed by atoms with Crippen molar-refractivity contribution >= 4 is 258 Å². The van der Waals surface area contributed by atoms with Crippen LogP contribution in [-0.4, -0.2) is 0 Å². The highest BCUT2D eigenvalue weighted by Gasteiger charge is 2.35. The number of benzene rings is 20. The number of ether oxygens (including phenoxy) is 5. The van der Waals surface area contributed by atoms with Gasteiger partial charge in [0.15, 0.2) is 73.4 Å². The van der Waals surface area contributed by atoms with E-state index in [2.05, 4.69) is 739 Å². The van der Waals surface area contributed by atoms with Crippen LogP contribution < -0.4 is 23.7 Å². The number of hydrogen-bond acceptors (Lipinski definition) is 5. The first-order chi connectivity index (χ1) is 71.3. The van der Waals surface area contributed by atoms with Crippen LogP contribution in [0.4, 0.5) is 0 Å². The van der Waals surface area contributed by atoms with Crippen LogP contribution in [-0.2, 0) is 86.5 Å².